The first-order valence-corrected chi connectivity index (χ1v) is 10.7. The minimum absolute atomic E-state index is 0.228. The molecule has 3 aromatic rings. The smallest absolute Gasteiger partial charge is 0.384 e. The Hall–Kier alpha value is -2.24. The molecule has 0 fully saturated rings. The van der Waals surface area contributed by atoms with E-state index in [0.717, 1.165) is 12.1 Å². The second kappa shape index (κ2) is 9.99. The summed E-state index contributed by atoms with van der Waals surface area (Å²) in [6.45, 7) is 0. The van der Waals surface area contributed by atoms with Gasteiger partial charge in [-0.15, -0.1) is 0 Å². The number of thioether (sulfide) groups is 2. The molecule has 1 aromatic carbocycles. The first-order valence-electron chi connectivity index (χ1n) is 7.82. The Labute approximate surface area is 178 Å². The van der Waals surface area contributed by atoms with E-state index in [1.807, 2.05) is 6.26 Å². The lowest BCUT2D eigenvalue weighted by molar-refractivity contribution is -0.137. The maximum Gasteiger partial charge on any atom is 0.416 e. The highest BCUT2D eigenvalue weighted by atomic mass is 35.5. The number of halogens is 4. The Morgan fingerprint density at radius 3 is 2.00 bits per heavy atom. The summed E-state index contributed by atoms with van der Waals surface area (Å²) in [5.74, 6) is 0.635. The maximum absolute atomic E-state index is 12.6. The van der Waals surface area contributed by atoms with Crippen molar-refractivity contribution in [2.24, 2.45) is 0 Å². The van der Waals surface area contributed by atoms with Gasteiger partial charge in [0, 0.05) is 17.7 Å². The molecule has 0 unspecified atom stereocenters. The molecular weight excluding hydrogens is 445 g/mol. The number of nitrogens with two attached hydrogens (primary N) is 2. The lowest BCUT2D eigenvalue weighted by Gasteiger charge is -2.09. The molecule has 0 saturated carbocycles. The van der Waals surface area contributed by atoms with E-state index in [0.29, 0.717) is 32.5 Å². The lowest BCUT2D eigenvalue weighted by atomic mass is 10.1. The van der Waals surface area contributed by atoms with Crippen LogP contribution in [0.1, 0.15) is 5.56 Å². The van der Waals surface area contributed by atoms with Crippen molar-refractivity contribution < 1.29 is 13.2 Å². The number of alkyl halides is 3. The van der Waals surface area contributed by atoms with Crippen LogP contribution < -0.4 is 11.5 Å². The molecule has 0 aliphatic rings. The van der Waals surface area contributed by atoms with E-state index in [1.54, 1.807) is 12.3 Å². The van der Waals surface area contributed by atoms with Gasteiger partial charge in [0.25, 0.3) is 0 Å². The third-order valence-corrected chi connectivity index (χ3v) is 4.56. The number of rotatable bonds is 3. The fourth-order valence-corrected chi connectivity index (χ4v) is 3.06. The van der Waals surface area contributed by atoms with E-state index in [2.05, 4.69) is 19.9 Å². The second-order valence-corrected chi connectivity index (χ2v) is 7.28. The minimum Gasteiger partial charge on any atom is -0.384 e. The van der Waals surface area contributed by atoms with Gasteiger partial charge in [-0.05, 0) is 24.6 Å². The molecule has 154 valence electrons. The van der Waals surface area contributed by atoms with Gasteiger partial charge in [-0.25, -0.2) is 19.9 Å². The minimum atomic E-state index is -4.38. The summed E-state index contributed by atoms with van der Waals surface area (Å²) in [5.41, 5.74) is 11.0. The highest BCUT2D eigenvalue weighted by molar-refractivity contribution is 7.98. The summed E-state index contributed by atoms with van der Waals surface area (Å²) >= 11 is 8.27. The first kappa shape index (κ1) is 23.0. The summed E-state index contributed by atoms with van der Waals surface area (Å²) in [6, 6.07) is 7.93. The number of nitrogen functional groups attached to an aromatic ring is 2. The van der Waals surface area contributed by atoms with Crippen molar-refractivity contribution in [3.63, 3.8) is 0 Å². The van der Waals surface area contributed by atoms with Crippen LogP contribution in [0.25, 0.3) is 11.3 Å². The van der Waals surface area contributed by atoms with Gasteiger partial charge in [0.15, 0.2) is 10.3 Å². The number of hydrogen-bond acceptors (Lipinski definition) is 8. The molecule has 4 N–H and O–H groups in total. The Morgan fingerprint density at radius 2 is 1.45 bits per heavy atom. The average molecular weight is 461 g/mol. The van der Waals surface area contributed by atoms with E-state index < -0.39 is 11.7 Å². The highest BCUT2D eigenvalue weighted by Crippen LogP contribution is 2.32. The third-order valence-electron chi connectivity index (χ3n) is 3.27. The molecular formula is C17H16ClF3N6S2. The van der Waals surface area contributed by atoms with Crippen molar-refractivity contribution in [1.82, 2.24) is 19.9 Å². The molecule has 0 atom stereocenters. The molecule has 2 heterocycles. The van der Waals surface area contributed by atoms with Crippen molar-refractivity contribution in [2.75, 3.05) is 24.0 Å². The summed E-state index contributed by atoms with van der Waals surface area (Å²) in [6.07, 6.45) is -0.743. The zero-order valence-electron chi connectivity index (χ0n) is 15.2. The summed E-state index contributed by atoms with van der Waals surface area (Å²) < 4.78 is 37.9. The Balaban J connectivity index is 0.000000253. The van der Waals surface area contributed by atoms with Gasteiger partial charge in [-0.2, -0.15) is 13.2 Å². The molecule has 0 radical (unpaired) electrons. The van der Waals surface area contributed by atoms with E-state index >= 15 is 0 Å². The van der Waals surface area contributed by atoms with Gasteiger partial charge >= 0.3 is 6.18 Å². The van der Waals surface area contributed by atoms with E-state index in [-0.39, 0.29) is 5.82 Å². The summed E-state index contributed by atoms with van der Waals surface area (Å²) in [7, 11) is 0. The molecule has 0 saturated heterocycles. The first-order chi connectivity index (χ1) is 13.6. The van der Waals surface area contributed by atoms with Gasteiger partial charge in [-0.1, -0.05) is 47.3 Å². The van der Waals surface area contributed by atoms with Crippen molar-refractivity contribution in [1.29, 1.82) is 0 Å². The normalized spacial score (nSPS) is 11.0. The number of hydrogen-bond donors (Lipinski definition) is 2. The van der Waals surface area contributed by atoms with Crippen LogP contribution in [0.3, 0.4) is 0 Å². The van der Waals surface area contributed by atoms with E-state index in [4.69, 9.17) is 23.1 Å². The van der Waals surface area contributed by atoms with Crippen LogP contribution in [0.2, 0.25) is 5.15 Å². The standard InChI is InChI=1S/C12H10F3N3S.C5H6ClN3S/c1-19-11-17-9(6-10(16)18-11)7-3-2-4-8(5-7)12(13,14)15;1-10-5-8-3(6)2-4(7)9-5/h2-6H,1H3,(H2,16,17,18);2H,1H3,(H2,7,8,9). The summed E-state index contributed by atoms with van der Waals surface area (Å²) in [5, 5.41) is 1.41. The Bertz CT molecular complexity index is 967. The van der Waals surface area contributed by atoms with E-state index in [1.165, 1.54) is 41.7 Å². The molecule has 6 nitrogen and oxygen atoms in total. The molecule has 0 amide bonds. The van der Waals surface area contributed by atoms with Crippen LogP contribution in [0, 0.1) is 0 Å². The van der Waals surface area contributed by atoms with Gasteiger partial charge in [0.2, 0.25) is 0 Å². The highest BCUT2D eigenvalue weighted by Gasteiger charge is 2.30. The summed E-state index contributed by atoms with van der Waals surface area (Å²) in [4.78, 5) is 15.9. The van der Waals surface area contributed by atoms with Crippen LogP contribution in [0.15, 0.2) is 46.7 Å². The zero-order chi connectivity index (χ0) is 21.6. The van der Waals surface area contributed by atoms with Crippen LogP contribution >= 0.6 is 35.1 Å². The van der Waals surface area contributed by atoms with Gasteiger partial charge in [0.05, 0.1) is 11.3 Å². The van der Waals surface area contributed by atoms with Crippen molar-refractivity contribution in [3.8, 4) is 11.3 Å². The van der Waals surface area contributed by atoms with Crippen LogP contribution in [-0.2, 0) is 6.18 Å². The van der Waals surface area contributed by atoms with Gasteiger partial charge < -0.3 is 11.5 Å². The van der Waals surface area contributed by atoms with Crippen LogP contribution in [-0.4, -0.2) is 32.4 Å². The SMILES string of the molecule is CSc1nc(N)cc(-c2cccc(C(F)(F)F)c2)n1.CSc1nc(N)cc(Cl)n1. The van der Waals surface area contributed by atoms with Gasteiger partial charge in [0.1, 0.15) is 16.8 Å². The third kappa shape index (κ3) is 6.94. The predicted octanol–water partition coefficient (Wildman–Crippen LogP) is 4.90. The maximum atomic E-state index is 12.6. The monoisotopic (exact) mass is 460 g/mol. The van der Waals surface area contributed by atoms with Crippen molar-refractivity contribution in [3.05, 3.63) is 47.1 Å². The lowest BCUT2D eigenvalue weighted by Crippen LogP contribution is -2.05. The largest absolute Gasteiger partial charge is 0.416 e. The quantitative estimate of drug-likeness (QED) is 0.323. The number of nitrogens with zero attached hydrogens (tertiary/aromatic N) is 4. The molecule has 3 rings (SSSR count). The average Bonchev–Trinajstić information content (AvgIpc) is 2.66. The Morgan fingerprint density at radius 1 is 0.862 bits per heavy atom. The van der Waals surface area contributed by atoms with Crippen molar-refractivity contribution >= 4 is 46.8 Å². The van der Waals surface area contributed by atoms with Crippen LogP contribution in [0.4, 0.5) is 24.8 Å². The molecule has 0 aliphatic carbocycles. The predicted molar refractivity (Wildman–Crippen MR) is 112 cm³/mol. The molecule has 12 heteroatoms. The topological polar surface area (TPSA) is 104 Å². The Kier molecular flexibility index (Phi) is 7.94. The van der Waals surface area contributed by atoms with Crippen molar-refractivity contribution in [2.45, 2.75) is 16.5 Å². The fourth-order valence-electron chi connectivity index (χ4n) is 2.04. The number of benzene rings is 1. The van der Waals surface area contributed by atoms with E-state index in [9.17, 15) is 13.2 Å². The molecule has 0 bridgehead atoms. The number of anilines is 2. The fraction of sp³-hybridized carbons (Fsp3) is 0.176. The molecule has 0 spiro atoms. The second-order valence-electron chi connectivity index (χ2n) is 5.35. The molecule has 29 heavy (non-hydrogen) atoms. The van der Waals surface area contributed by atoms with Gasteiger partial charge in [-0.3, -0.25) is 0 Å². The molecule has 0 aliphatic heterocycles. The van der Waals surface area contributed by atoms with Crippen LogP contribution in [0.5, 0.6) is 0 Å². The zero-order valence-corrected chi connectivity index (χ0v) is 17.6. The molecule has 2 aromatic heterocycles. The number of aromatic nitrogens is 4.